The Bertz CT molecular complexity index is 855. The summed E-state index contributed by atoms with van der Waals surface area (Å²) in [5.74, 6) is 0. The maximum atomic E-state index is 11.3. The summed E-state index contributed by atoms with van der Waals surface area (Å²) in [5.41, 5.74) is -1.33. The van der Waals surface area contributed by atoms with Gasteiger partial charge in [-0.1, -0.05) is 0 Å². The van der Waals surface area contributed by atoms with Gasteiger partial charge in [0.05, 0.1) is 11.2 Å². The second-order valence-corrected chi connectivity index (χ2v) is 27.9. The molecule has 13 nitrogen and oxygen atoms in total. The third kappa shape index (κ3) is 8.90. The summed E-state index contributed by atoms with van der Waals surface area (Å²) in [4.78, 5) is 22.5. The second-order valence-electron chi connectivity index (χ2n) is 10.8. The third-order valence-electron chi connectivity index (χ3n) is 4.09. The molecule has 0 N–H and O–H groups in total. The number of rotatable bonds is 4. The van der Waals surface area contributed by atoms with Crippen molar-refractivity contribution in [2.45, 2.75) is 92.0 Å². The van der Waals surface area contributed by atoms with E-state index in [4.69, 9.17) is 37.7 Å². The molecule has 0 aromatic carbocycles. The molecule has 19 heteroatoms. The van der Waals surface area contributed by atoms with Crippen molar-refractivity contribution < 1.29 is 47.2 Å². The number of carbonyl (C=O) groups excluding carboxylic acids is 2. The highest BCUT2D eigenvalue weighted by atomic mass is 28.6. The van der Waals surface area contributed by atoms with Crippen LogP contribution >= 0.6 is 0 Å². The second kappa shape index (κ2) is 9.78. The van der Waals surface area contributed by atoms with Gasteiger partial charge in [-0.15, -0.1) is 0 Å². The van der Waals surface area contributed by atoms with Gasteiger partial charge in [0.25, 0.3) is 0 Å². The molecular weight excluding hydrogens is 565 g/mol. The fraction of sp³-hybridized carbons (Fsp3) is 0.875. The van der Waals surface area contributed by atoms with Gasteiger partial charge in [0.2, 0.25) is 12.2 Å². The smallest absolute Gasteiger partial charge is 0.380 e. The van der Waals surface area contributed by atoms with Crippen LogP contribution in [0.25, 0.3) is 0 Å². The molecular formula is C16H36N2O11Si6. The lowest BCUT2D eigenvalue weighted by atomic mass is 10.2. The molecule has 35 heavy (non-hydrogen) atoms. The summed E-state index contributed by atoms with van der Waals surface area (Å²) in [6.07, 6.45) is 2.94. The van der Waals surface area contributed by atoms with Crippen molar-refractivity contribution in [2.24, 2.45) is 9.32 Å². The molecule has 0 saturated carbocycles. The number of isocyanates is 2. The molecule has 0 spiro atoms. The van der Waals surface area contributed by atoms with E-state index in [1.165, 1.54) is 25.3 Å². The lowest BCUT2D eigenvalue weighted by Gasteiger charge is -2.52. The fourth-order valence-electron chi connectivity index (χ4n) is 4.05. The Hall–Kier alpha value is -0.299. The normalized spacial score (nSPS) is 43.0. The van der Waals surface area contributed by atoms with Crippen molar-refractivity contribution in [3.63, 3.8) is 0 Å². The Morgan fingerprint density at radius 3 is 1.17 bits per heavy atom. The van der Waals surface area contributed by atoms with Gasteiger partial charge < -0.3 is 37.7 Å². The number of fused-ring (bicyclic) bond motifs is 2. The third-order valence-corrected chi connectivity index (χ3v) is 27.9. The molecule has 2 fully saturated rings. The molecule has 2 bridgehead atoms. The Morgan fingerprint density at radius 1 is 0.543 bits per heavy atom. The van der Waals surface area contributed by atoms with Gasteiger partial charge in [-0.25, -0.2) is 9.59 Å². The quantitative estimate of drug-likeness (QED) is 0.267. The van der Waals surface area contributed by atoms with Crippen LogP contribution in [0, 0.1) is 0 Å². The molecule has 0 radical (unpaired) electrons. The van der Waals surface area contributed by atoms with E-state index in [1.54, 1.807) is 26.2 Å². The van der Waals surface area contributed by atoms with Gasteiger partial charge in [0, 0.05) is 39.3 Å². The highest BCUT2D eigenvalue weighted by Gasteiger charge is 2.69. The average molecular weight is 601 g/mol. The van der Waals surface area contributed by atoms with Crippen LogP contribution in [0.4, 0.5) is 0 Å². The van der Waals surface area contributed by atoms with E-state index in [0.29, 0.717) is 0 Å². The molecule has 0 aliphatic carbocycles. The van der Waals surface area contributed by atoms with Crippen LogP contribution in [0.1, 0.15) is 41.5 Å². The van der Waals surface area contributed by atoms with Crippen LogP contribution in [-0.4, -0.2) is 76.0 Å². The predicted molar refractivity (Wildman–Crippen MR) is 135 cm³/mol. The zero-order chi connectivity index (χ0) is 27.2. The Labute approximate surface area is 213 Å². The summed E-state index contributed by atoms with van der Waals surface area (Å²) < 4.78 is 64.7. The minimum atomic E-state index is -3.80. The van der Waals surface area contributed by atoms with Crippen LogP contribution in [0.3, 0.4) is 0 Å². The summed E-state index contributed by atoms with van der Waals surface area (Å²) in [6, 6.07) is 0. The zero-order valence-corrected chi connectivity index (χ0v) is 28.4. The molecule has 2 rings (SSSR count). The van der Waals surface area contributed by atoms with Gasteiger partial charge in [0.15, 0.2) is 0 Å². The van der Waals surface area contributed by atoms with E-state index in [1.807, 2.05) is 41.5 Å². The topological polar surface area (TPSA) is 142 Å². The van der Waals surface area contributed by atoms with Crippen molar-refractivity contribution in [3.05, 3.63) is 0 Å². The molecule has 6 unspecified atom stereocenters. The monoisotopic (exact) mass is 600 g/mol. The van der Waals surface area contributed by atoms with Crippen molar-refractivity contribution in [1.82, 2.24) is 0 Å². The van der Waals surface area contributed by atoms with Crippen LogP contribution in [-0.2, 0) is 47.2 Å². The largest absolute Gasteiger partial charge is 0.483 e. The van der Waals surface area contributed by atoms with Crippen LogP contribution in [0.2, 0.25) is 39.3 Å². The Balaban J connectivity index is 2.73. The van der Waals surface area contributed by atoms with Crippen LogP contribution < -0.4 is 0 Å². The van der Waals surface area contributed by atoms with Crippen molar-refractivity contribution in [1.29, 1.82) is 0 Å². The van der Waals surface area contributed by atoms with Gasteiger partial charge in [-0.05, 0) is 41.5 Å². The number of hydrogen-bond acceptors (Lipinski definition) is 13. The van der Waals surface area contributed by atoms with Gasteiger partial charge in [-0.3, -0.25) is 0 Å². The lowest BCUT2D eigenvalue weighted by molar-refractivity contribution is -0.0178. The molecule has 0 aromatic rings. The van der Waals surface area contributed by atoms with E-state index < -0.39 is 63.9 Å². The van der Waals surface area contributed by atoms with Crippen molar-refractivity contribution in [2.75, 3.05) is 0 Å². The SMILES string of the molecule is CC(C)(C)O[Si]1(C)O[Si](C)(OC(C)(C)C)O[Si]2(C)O[Si](C)(N=C=O)O[Si](C)(N=C=O)O[Si](C)(O1)O2. The highest BCUT2D eigenvalue weighted by Crippen LogP contribution is 2.40. The van der Waals surface area contributed by atoms with Gasteiger partial charge in [0.1, 0.15) is 0 Å². The molecule has 2 heterocycles. The van der Waals surface area contributed by atoms with Gasteiger partial charge >= 0.3 is 52.7 Å². The average Bonchev–Trinajstić information content (AvgIpc) is 2.44. The Morgan fingerprint density at radius 2 is 0.886 bits per heavy atom. The summed E-state index contributed by atoms with van der Waals surface area (Å²) in [5, 5.41) is 0. The van der Waals surface area contributed by atoms with Crippen molar-refractivity contribution in [3.8, 4) is 0 Å². The summed E-state index contributed by atoms with van der Waals surface area (Å²) >= 11 is 0. The first-order valence-corrected chi connectivity index (χ1v) is 24.4. The van der Waals surface area contributed by atoms with E-state index in [-0.39, 0.29) is 0 Å². The first kappa shape index (κ1) is 30.9. The first-order chi connectivity index (χ1) is 15.5. The lowest BCUT2D eigenvalue weighted by Crippen LogP contribution is -2.76. The standard InChI is InChI=1S/C16H36N2O11Si6/c1-15(2,3)21-32(9)26-33(10,22-16(4,5)6)28-35(12)25-31(8,18-14-20)23-30(7,17-13-19)24-34(11,27-32)29-35/h1-12H3. The summed E-state index contributed by atoms with van der Waals surface area (Å²) in [7, 11) is -22.4. The summed E-state index contributed by atoms with van der Waals surface area (Å²) in [6.45, 7) is 20.7. The van der Waals surface area contributed by atoms with E-state index in [9.17, 15) is 9.59 Å². The molecule has 0 amide bonds. The maximum absolute atomic E-state index is 11.3. The maximum Gasteiger partial charge on any atom is 0.483 e. The highest BCUT2D eigenvalue weighted by molar-refractivity contribution is 6.95. The fourth-order valence-corrected chi connectivity index (χ4v) is 32.5. The number of hydrogen-bond donors (Lipinski definition) is 0. The minimum absolute atomic E-state index is 0.664. The van der Waals surface area contributed by atoms with Crippen molar-refractivity contribution >= 4 is 64.8 Å². The zero-order valence-electron chi connectivity index (χ0n) is 22.4. The molecule has 2 saturated heterocycles. The molecule has 200 valence electrons. The molecule has 6 atom stereocenters. The first-order valence-electron chi connectivity index (χ1n) is 11.0. The van der Waals surface area contributed by atoms with Crippen LogP contribution in [0.15, 0.2) is 9.32 Å². The molecule has 2 aliphatic rings. The van der Waals surface area contributed by atoms with Crippen LogP contribution in [0.5, 0.6) is 0 Å². The minimum Gasteiger partial charge on any atom is -0.380 e. The number of nitrogens with zero attached hydrogens (tertiary/aromatic N) is 2. The molecule has 2 aliphatic heterocycles. The van der Waals surface area contributed by atoms with E-state index in [2.05, 4.69) is 9.32 Å². The Kier molecular flexibility index (Phi) is 8.64. The molecule has 0 aromatic heterocycles. The van der Waals surface area contributed by atoms with Gasteiger partial charge in [-0.2, -0.15) is 9.32 Å². The van der Waals surface area contributed by atoms with E-state index >= 15 is 0 Å². The predicted octanol–water partition coefficient (Wildman–Crippen LogP) is 2.84. The van der Waals surface area contributed by atoms with E-state index in [0.717, 1.165) is 0 Å².